The molecule has 2 nitrogen and oxygen atoms in total. The van der Waals surface area contributed by atoms with Crippen LogP contribution in [0.15, 0.2) is 54.6 Å². The summed E-state index contributed by atoms with van der Waals surface area (Å²) in [5, 5.41) is 9.95. The van der Waals surface area contributed by atoms with Crippen LogP contribution in [-0.2, 0) is 6.42 Å². The molecule has 0 amide bonds. The molecule has 0 unspecified atom stereocenters. The number of ether oxygens (including phenoxy) is 1. The van der Waals surface area contributed by atoms with Gasteiger partial charge in [0, 0.05) is 0 Å². The quantitative estimate of drug-likeness (QED) is 0.919. The Morgan fingerprint density at radius 3 is 2.24 bits per heavy atom. The highest BCUT2D eigenvalue weighted by molar-refractivity contribution is 5.31. The molecule has 2 atom stereocenters. The first-order valence-corrected chi connectivity index (χ1v) is 7.79. The van der Waals surface area contributed by atoms with Gasteiger partial charge in [-0.2, -0.15) is 0 Å². The lowest BCUT2D eigenvalue weighted by Crippen LogP contribution is -2.34. The zero-order valence-electron chi connectivity index (χ0n) is 12.2. The Bertz CT molecular complexity index is 548. The number of benzene rings is 2. The van der Waals surface area contributed by atoms with Crippen LogP contribution in [0.2, 0.25) is 0 Å². The van der Waals surface area contributed by atoms with Crippen LogP contribution >= 0.6 is 0 Å². The Morgan fingerprint density at radius 1 is 0.857 bits per heavy atom. The van der Waals surface area contributed by atoms with Gasteiger partial charge in [-0.05, 0) is 48.9 Å². The maximum Gasteiger partial charge on any atom is 0.124 e. The maximum absolute atomic E-state index is 9.95. The Morgan fingerprint density at radius 2 is 1.52 bits per heavy atom. The third kappa shape index (κ3) is 3.85. The molecular formula is C19H22O2. The topological polar surface area (TPSA) is 29.5 Å². The van der Waals surface area contributed by atoms with Gasteiger partial charge in [0.15, 0.2) is 0 Å². The first-order chi connectivity index (χ1) is 10.3. The molecule has 1 fully saturated rings. The van der Waals surface area contributed by atoms with Gasteiger partial charge in [0.2, 0.25) is 0 Å². The second kappa shape index (κ2) is 6.77. The molecule has 1 aliphatic rings. The van der Waals surface area contributed by atoms with Gasteiger partial charge in [-0.1, -0.05) is 48.9 Å². The van der Waals surface area contributed by atoms with Crippen molar-refractivity contribution in [3.05, 3.63) is 65.7 Å². The fourth-order valence-electron chi connectivity index (χ4n) is 2.91. The molecule has 21 heavy (non-hydrogen) atoms. The van der Waals surface area contributed by atoms with Crippen molar-refractivity contribution in [3.8, 4) is 5.75 Å². The van der Waals surface area contributed by atoms with Crippen LogP contribution in [0, 0.1) is 0 Å². The van der Waals surface area contributed by atoms with Crippen molar-refractivity contribution in [2.45, 2.75) is 44.3 Å². The van der Waals surface area contributed by atoms with Gasteiger partial charge in [0.05, 0.1) is 6.10 Å². The van der Waals surface area contributed by atoms with Crippen LogP contribution in [0.4, 0.5) is 0 Å². The monoisotopic (exact) mass is 282 g/mol. The van der Waals surface area contributed by atoms with Gasteiger partial charge in [-0.15, -0.1) is 0 Å². The second-order valence-electron chi connectivity index (χ2n) is 5.81. The lowest BCUT2D eigenvalue weighted by atomic mass is 9.95. The maximum atomic E-state index is 9.95. The molecule has 2 heteroatoms. The van der Waals surface area contributed by atoms with Crippen molar-refractivity contribution < 1.29 is 9.84 Å². The molecule has 0 aliphatic heterocycles. The highest BCUT2D eigenvalue weighted by atomic mass is 16.5. The number of aliphatic hydroxyl groups excluding tert-OH is 1. The lowest BCUT2D eigenvalue weighted by Gasteiger charge is -2.28. The van der Waals surface area contributed by atoms with E-state index in [2.05, 4.69) is 36.4 Å². The normalized spacial score (nSPS) is 22.0. The van der Waals surface area contributed by atoms with E-state index in [-0.39, 0.29) is 12.2 Å². The van der Waals surface area contributed by atoms with E-state index in [1.54, 1.807) is 0 Å². The van der Waals surface area contributed by atoms with Gasteiger partial charge in [0.1, 0.15) is 11.9 Å². The molecular weight excluding hydrogens is 260 g/mol. The summed E-state index contributed by atoms with van der Waals surface area (Å²) in [5.74, 6) is 0.859. The van der Waals surface area contributed by atoms with E-state index < -0.39 is 0 Å². The number of rotatable bonds is 4. The molecule has 0 spiro atoms. The van der Waals surface area contributed by atoms with Crippen molar-refractivity contribution in [3.63, 3.8) is 0 Å². The van der Waals surface area contributed by atoms with Crippen LogP contribution in [0.1, 0.15) is 36.8 Å². The molecule has 1 N–H and O–H groups in total. The third-order valence-corrected chi connectivity index (χ3v) is 4.13. The van der Waals surface area contributed by atoms with Crippen molar-refractivity contribution >= 4 is 0 Å². The smallest absolute Gasteiger partial charge is 0.124 e. The molecule has 2 aromatic carbocycles. The average Bonchev–Trinajstić information content (AvgIpc) is 2.52. The average molecular weight is 282 g/mol. The van der Waals surface area contributed by atoms with Crippen LogP contribution in [-0.4, -0.2) is 17.3 Å². The van der Waals surface area contributed by atoms with E-state index >= 15 is 0 Å². The number of aliphatic hydroxyl groups is 1. The van der Waals surface area contributed by atoms with E-state index in [4.69, 9.17) is 4.74 Å². The summed E-state index contributed by atoms with van der Waals surface area (Å²) in [4.78, 5) is 0. The Balaban J connectivity index is 1.61. The largest absolute Gasteiger partial charge is 0.488 e. The summed E-state index contributed by atoms with van der Waals surface area (Å²) in [6, 6.07) is 18.7. The van der Waals surface area contributed by atoms with Crippen LogP contribution in [0.5, 0.6) is 5.75 Å². The van der Waals surface area contributed by atoms with Crippen molar-refractivity contribution in [1.29, 1.82) is 0 Å². The number of hydrogen-bond acceptors (Lipinski definition) is 2. The van der Waals surface area contributed by atoms with Gasteiger partial charge in [-0.25, -0.2) is 0 Å². The third-order valence-electron chi connectivity index (χ3n) is 4.13. The molecule has 0 saturated heterocycles. The summed E-state index contributed by atoms with van der Waals surface area (Å²) < 4.78 is 5.92. The summed E-state index contributed by atoms with van der Waals surface area (Å²) in [5.41, 5.74) is 2.59. The van der Waals surface area contributed by atoms with E-state index in [1.165, 1.54) is 11.1 Å². The Labute approximate surface area is 126 Å². The summed E-state index contributed by atoms with van der Waals surface area (Å²) in [7, 11) is 0. The molecule has 0 bridgehead atoms. The minimum atomic E-state index is -0.317. The Kier molecular flexibility index (Phi) is 4.56. The summed E-state index contributed by atoms with van der Waals surface area (Å²) >= 11 is 0. The van der Waals surface area contributed by atoms with Gasteiger partial charge >= 0.3 is 0 Å². The van der Waals surface area contributed by atoms with E-state index in [0.717, 1.165) is 37.9 Å². The lowest BCUT2D eigenvalue weighted by molar-refractivity contribution is 0.00687. The van der Waals surface area contributed by atoms with Crippen molar-refractivity contribution in [1.82, 2.24) is 0 Å². The molecule has 0 heterocycles. The highest BCUT2D eigenvalue weighted by Crippen LogP contribution is 2.24. The van der Waals surface area contributed by atoms with E-state index in [9.17, 15) is 5.11 Å². The van der Waals surface area contributed by atoms with E-state index in [1.807, 2.05) is 18.2 Å². The first-order valence-electron chi connectivity index (χ1n) is 7.79. The van der Waals surface area contributed by atoms with Gasteiger partial charge < -0.3 is 9.84 Å². The predicted octanol–water partition coefficient (Wildman–Crippen LogP) is 3.96. The molecule has 2 aromatic rings. The second-order valence-corrected chi connectivity index (χ2v) is 5.81. The zero-order chi connectivity index (χ0) is 14.5. The molecule has 3 rings (SSSR count). The standard InChI is InChI=1S/C19H22O2/c20-18-8-4-5-9-19(18)21-17-12-10-16(11-13-17)14-15-6-2-1-3-7-15/h1-3,6-7,10-13,18-20H,4-5,8-9,14H2/t18-,19-/m1/s1. The molecule has 0 aromatic heterocycles. The van der Waals surface area contributed by atoms with Gasteiger partial charge in [-0.3, -0.25) is 0 Å². The fraction of sp³-hybridized carbons (Fsp3) is 0.368. The summed E-state index contributed by atoms with van der Waals surface area (Å²) in [6.45, 7) is 0. The predicted molar refractivity (Wildman–Crippen MR) is 84.6 cm³/mol. The minimum Gasteiger partial charge on any atom is -0.488 e. The first kappa shape index (κ1) is 14.2. The number of hydrogen-bond donors (Lipinski definition) is 1. The highest BCUT2D eigenvalue weighted by Gasteiger charge is 2.24. The van der Waals surface area contributed by atoms with Crippen molar-refractivity contribution in [2.75, 3.05) is 0 Å². The van der Waals surface area contributed by atoms with Crippen LogP contribution in [0.25, 0.3) is 0 Å². The summed E-state index contributed by atoms with van der Waals surface area (Å²) in [6.07, 6.45) is 4.64. The van der Waals surface area contributed by atoms with Crippen molar-refractivity contribution in [2.24, 2.45) is 0 Å². The molecule has 110 valence electrons. The molecule has 1 aliphatic carbocycles. The molecule has 0 radical (unpaired) electrons. The van der Waals surface area contributed by atoms with E-state index in [0.29, 0.717) is 0 Å². The Hall–Kier alpha value is -1.80. The molecule has 1 saturated carbocycles. The minimum absolute atomic E-state index is 0.0428. The zero-order valence-corrected chi connectivity index (χ0v) is 12.2. The SMILES string of the molecule is O[C@@H]1CCCC[C@H]1Oc1ccc(Cc2ccccc2)cc1. The van der Waals surface area contributed by atoms with Gasteiger partial charge in [0.25, 0.3) is 0 Å². The van der Waals surface area contributed by atoms with Crippen LogP contribution in [0.3, 0.4) is 0 Å². The fourth-order valence-corrected chi connectivity index (χ4v) is 2.91. The van der Waals surface area contributed by atoms with Crippen LogP contribution < -0.4 is 4.74 Å².